The lowest BCUT2D eigenvalue weighted by Gasteiger charge is -2.25. The molecule has 0 aliphatic heterocycles. The second-order valence-electron chi connectivity index (χ2n) is 7.70. The Morgan fingerprint density at radius 2 is 1.62 bits per heavy atom. The minimum absolute atomic E-state index is 0.0839. The molecule has 1 aliphatic rings. The quantitative estimate of drug-likeness (QED) is 0.485. The van der Waals surface area contributed by atoms with Gasteiger partial charge in [-0.05, 0) is 60.6 Å². The minimum Gasteiger partial charge on any atom is -0.294 e. The van der Waals surface area contributed by atoms with E-state index >= 15 is 0 Å². The van der Waals surface area contributed by atoms with Gasteiger partial charge in [0.2, 0.25) is 0 Å². The highest BCUT2D eigenvalue weighted by Crippen LogP contribution is 2.37. The summed E-state index contributed by atoms with van der Waals surface area (Å²) < 4.78 is 39.3. The smallest absolute Gasteiger partial charge is 0.294 e. The summed E-state index contributed by atoms with van der Waals surface area (Å²) in [5.41, 5.74) is 4.36. The van der Waals surface area contributed by atoms with Gasteiger partial charge in [-0.3, -0.25) is 4.79 Å². The van der Waals surface area contributed by atoms with Crippen molar-refractivity contribution in [1.29, 1.82) is 0 Å². The van der Waals surface area contributed by atoms with E-state index < -0.39 is 11.7 Å². The van der Waals surface area contributed by atoms with E-state index in [1.54, 1.807) is 18.2 Å². The predicted molar refractivity (Wildman–Crippen MR) is 108 cm³/mol. The molecule has 148 valence electrons. The van der Waals surface area contributed by atoms with Crippen LogP contribution in [0.3, 0.4) is 0 Å². The van der Waals surface area contributed by atoms with E-state index in [9.17, 15) is 18.0 Å². The molecule has 4 heteroatoms. The molecule has 3 aromatic rings. The highest BCUT2D eigenvalue weighted by molar-refractivity contribution is 6.02. The first kappa shape index (κ1) is 19.4. The molecule has 1 atom stereocenters. The van der Waals surface area contributed by atoms with Crippen LogP contribution in [0.2, 0.25) is 0 Å². The summed E-state index contributed by atoms with van der Waals surface area (Å²) in [5.74, 6) is -0.0115. The van der Waals surface area contributed by atoms with E-state index in [0.717, 1.165) is 22.8 Å². The fraction of sp³-hybridized carbons (Fsp3) is 0.240. The molecule has 0 heterocycles. The molecule has 0 N–H and O–H groups in total. The summed E-state index contributed by atoms with van der Waals surface area (Å²) in [7, 11) is 0. The Balaban J connectivity index is 1.65. The number of fused-ring (bicyclic) bond motifs is 1. The van der Waals surface area contributed by atoms with Crippen molar-refractivity contribution < 1.29 is 18.0 Å². The lowest BCUT2D eigenvalue weighted by atomic mass is 9.77. The third kappa shape index (κ3) is 3.98. The Morgan fingerprint density at radius 1 is 0.931 bits per heavy atom. The molecule has 0 aromatic heterocycles. The van der Waals surface area contributed by atoms with Gasteiger partial charge in [0.1, 0.15) is 0 Å². The number of carbonyl (C=O) groups is 1. The fourth-order valence-electron chi connectivity index (χ4n) is 4.09. The van der Waals surface area contributed by atoms with Crippen molar-refractivity contribution in [3.8, 4) is 11.1 Å². The summed E-state index contributed by atoms with van der Waals surface area (Å²) >= 11 is 0. The first-order chi connectivity index (χ1) is 13.8. The summed E-state index contributed by atoms with van der Waals surface area (Å²) in [5, 5.41) is 0. The fourth-order valence-corrected chi connectivity index (χ4v) is 4.09. The average Bonchev–Trinajstić information content (AvgIpc) is 2.71. The van der Waals surface area contributed by atoms with Crippen molar-refractivity contribution in [2.24, 2.45) is 5.92 Å². The van der Waals surface area contributed by atoms with Gasteiger partial charge in [0, 0.05) is 11.5 Å². The molecule has 1 unspecified atom stereocenters. The number of hydrogen-bond acceptors (Lipinski definition) is 1. The number of halogens is 3. The zero-order chi connectivity index (χ0) is 20.6. The topological polar surface area (TPSA) is 17.1 Å². The summed E-state index contributed by atoms with van der Waals surface area (Å²) in [6.45, 7) is 2.03. The molecule has 3 aromatic carbocycles. The lowest BCUT2D eigenvalue weighted by molar-refractivity contribution is -0.137. The second kappa shape index (κ2) is 7.51. The molecule has 1 nitrogen and oxygen atoms in total. The molecule has 29 heavy (non-hydrogen) atoms. The normalized spacial score (nSPS) is 16.6. The van der Waals surface area contributed by atoms with Crippen molar-refractivity contribution >= 4 is 5.78 Å². The molecule has 0 fully saturated rings. The minimum atomic E-state index is -4.39. The Labute approximate surface area is 168 Å². The van der Waals surface area contributed by atoms with E-state index in [1.165, 1.54) is 17.7 Å². The van der Waals surface area contributed by atoms with Crippen LogP contribution >= 0.6 is 0 Å². The van der Waals surface area contributed by atoms with Gasteiger partial charge in [-0.15, -0.1) is 0 Å². The van der Waals surface area contributed by atoms with Gasteiger partial charge in [0.25, 0.3) is 0 Å². The molecule has 4 rings (SSSR count). The van der Waals surface area contributed by atoms with E-state index in [1.807, 2.05) is 25.1 Å². The molecule has 0 saturated heterocycles. The van der Waals surface area contributed by atoms with Crippen molar-refractivity contribution in [3.05, 3.63) is 94.5 Å². The molecule has 0 radical (unpaired) electrons. The second-order valence-corrected chi connectivity index (χ2v) is 7.70. The zero-order valence-corrected chi connectivity index (χ0v) is 16.1. The van der Waals surface area contributed by atoms with Gasteiger partial charge in [0.05, 0.1) is 5.56 Å². The van der Waals surface area contributed by atoms with Crippen molar-refractivity contribution in [2.75, 3.05) is 0 Å². The predicted octanol–water partition coefficient (Wildman–Crippen LogP) is 6.67. The van der Waals surface area contributed by atoms with Gasteiger partial charge in [0.15, 0.2) is 5.78 Å². The van der Waals surface area contributed by atoms with Crippen LogP contribution in [0.4, 0.5) is 13.2 Å². The number of benzene rings is 3. The third-order valence-corrected chi connectivity index (χ3v) is 5.66. The van der Waals surface area contributed by atoms with Crippen LogP contribution in [0, 0.1) is 12.8 Å². The molecule has 0 amide bonds. The molecule has 0 saturated carbocycles. The molecule has 1 aliphatic carbocycles. The number of carbonyl (C=O) groups excluding carboxylic acids is 1. The zero-order valence-electron chi connectivity index (χ0n) is 16.1. The van der Waals surface area contributed by atoms with Crippen LogP contribution in [-0.4, -0.2) is 5.78 Å². The van der Waals surface area contributed by atoms with Crippen molar-refractivity contribution in [2.45, 2.75) is 32.4 Å². The van der Waals surface area contributed by atoms with Gasteiger partial charge in [-0.1, -0.05) is 60.2 Å². The average molecular weight is 394 g/mol. The molecule has 0 bridgehead atoms. The lowest BCUT2D eigenvalue weighted by Crippen LogP contribution is -2.25. The first-order valence-corrected chi connectivity index (χ1v) is 9.72. The number of Topliss-reactive ketones (excluding diaryl/α,β-unsaturated/α-hetero) is 1. The highest BCUT2D eigenvalue weighted by atomic mass is 19.4. The Hall–Kier alpha value is -2.88. The summed E-state index contributed by atoms with van der Waals surface area (Å²) in [4.78, 5) is 13.1. The summed E-state index contributed by atoms with van der Waals surface area (Å²) in [6.07, 6.45) is -2.31. The van der Waals surface area contributed by atoms with E-state index in [0.29, 0.717) is 30.4 Å². The van der Waals surface area contributed by atoms with Crippen LogP contribution < -0.4 is 0 Å². The van der Waals surface area contributed by atoms with Crippen LogP contribution in [0.5, 0.6) is 0 Å². The van der Waals surface area contributed by atoms with Gasteiger partial charge < -0.3 is 0 Å². The maximum atomic E-state index is 13.1. The van der Waals surface area contributed by atoms with Gasteiger partial charge >= 0.3 is 6.18 Å². The number of hydrogen-bond donors (Lipinski definition) is 0. The van der Waals surface area contributed by atoms with Crippen LogP contribution in [-0.2, 0) is 19.0 Å². The SMILES string of the molecule is Cc1ccc(CC2CCc3c(cccc3-c3cccc(C(F)(F)F)c3)C2=O)cc1. The third-order valence-electron chi connectivity index (χ3n) is 5.66. The van der Waals surface area contributed by atoms with E-state index in [-0.39, 0.29) is 11.7 Å². The summed E-state index contributed by atoms with van der Waals surface area (Å²) in [6, 6.07) is 18.9. The number of aryl methyl sites for hydroxylation is 1. The monoisotopic (exact) mass is 394 g/mol. The largest absolute Gasteiger partial charge is 0.416 e. The Kier molecular flexibility index (Phi) is 5.03. The van der Waals surface area contributed by atoms with Crippen molar-refractivity contribution in [3.63, 3.8) is 0 Å². The van der Waals surface area contributed by atoms with Gasteiger partial charge in [-0.2, -0.15) is 13.2 Å². The van der Waals surface area contributed by atoms with Crippen LogP contribution in [0.15, 0.2) is 66.7 Å². The van der Waals surface area contributed by atoms with E-state index in [4.69, 9.17) is 0 Å². The van der Waals surface area contributed by atoms with Crippen molar-refractivity contribution in [1.82, 2.24) is 0 Å². The molecular weight excluding hydrogens is 373 g/mol. The van der Waals surface area contributed by atoms with Crippen LogP contribution in [0.25, 0.3) is 11.1 Å². The standard InChI is InChI=1S/C25H21F3O/c1-16-8-10-17(11-9-16)14-19-12-13-22-21(6-3-7-23(22)24(19)29)18-4-2-5-20(15-18)25(26,27)28/h2-11,15,19H,12-14H2,1H3. The molecule has 0 spiro atoms. The maximum Gasteiger partial charge on any atom is 0.416 e. The number of ketones is 1. The Morgan fingerprint density at radius 3 is 2.34 bits per heavy atom. The van der Waals surface area contributed by atoms with Gasteiger partial charge in [-0.25, -0.2) is 0 Å². The number of alkyl halides is 3. The first-order valence-electron chi connectivity index (χ1n) is 9.72. The molecular formula is C25H21F3O. The highest BCUT2D eigenvalue weighted by Gasteiger charge is 2.32. The van der Waals surface area contributed by atoms with Crippen LogP contribution in [0.1, 0.15) is 39.0 Å². The van der Waals surface area contributed by atoms with E-state index in [2.05, 4.69) is 12.1 Å². The maximum absolute atomic E-state index is 13.1. The Bertz CT molecular complexity index is 1050. The number of rotatable bonds is 3.